The fourth-order valence-electron chi connectivity index (χ4n) is 2.92. The topological polar surface area (TPSA) is 40.5 Å². The molecule has 0 aromatic heterocycles. The lowest BCUT2D eigenvalue weighted by Gasteiger charge is -2.03. The molecule has 0 aliphatic heterocycles. The highest BCUT2D eigenvalue weighted by Crippen LogP contribution is 2.19. The lowest BCUT2D eigenvalue weighted by molar-refractivity contribution is 0.469. The van der Waals surface area contributed by atoms with Gasteiger partial charge in [0.2, 0.25) is 0 Å². The molecular weight excluding hydrogens is 344 g/mol. The van der Waals surface area contributed by atoms with Crippen molar-refractivity contribution in [1.29, 1.82) is 0 Å². The van der Waals surface area contributed by atoms with E-state index < -0.39 is 0 Å². The zero-order valence-corrected chi connectivity index (χ0v) is 15.7. The first kappa shape index (κ1) is 19.2. The van der Waals surface area contributed by atoms with Crippen LogP contribution in [0.1, 0.15) is 22.3 Å². The van der Waals surface area contributed by atoms with Gasteiger partial charge in [0.25, 0.3) is 0 Å². The molecule has 0 radical (unpaired) electrons. The maximum Gasteiger partial charge on any atom is 0.119 e. The van der Waals surface area contributed by atoms with Crippen LogP contribution in [0.3, 0.4) is 0 Å². The van der Waals surface area contributed by atoms with Crippen LogP contribution in [0.15, 0.2) is 109 Å². The first-order valence-electron chi connectivity index (χ1n) is 9.33. The Morgan fingerprint density at radius 2 is 0.893 bits per heavy atom. The summed E-state index contributed by atoms with van der Waals surface area (Å²) in [5.41, 5.74) is 4.69. The maximum absolute atomic E-state index is 9.57. The monoisotopic (exact) mass is 368 g/mol. The molecule has 0 spiro atoms. The molecule has 28 heavy (non-hydrogen) atoms. The number of phenols is 2. The zero-order chi connectivity index (χ0) is 19.6. The summed E-state index contributed by atoms with van der Waals surface area (Å²) < 4.78 is 0. The van der Waals surface area contributed by atoms with Gasteiger partial charge in [0.05, 0.1) is 0 Å². The van der Waals surface area contributed by atoms with Crippen molar-refractivity contribution in [3.8, 4) is 11.5 Å². The maximum atomic E-state index is 9.57. The van der Waals surface area contributed by atoms with Gasteiger partial charge in [-0.05, 0) is 46.9 Å². The second-order valence-electron chi connectivity index (χ2n) is 6.62. The lowest BCUT2D eigenvalue weighted by atomic mass is 10.0. The highest BCUT2D eigenvalue weighted by Gasteiger charge is 2.00. The van der Waals surface area contributed by atoms with E-state index in [1.54, 1.807) is 18.2 Å². The van der Waals surface area contributed by atoms with E-state index >= 15 is 0 Å². The van der Waals surface area contributed by atoms with E-state index in [0.717, 1.165) is 18.4 Å². The number of aromatic hydroxyl groups is 2. The smallest absolute Gasteiger partial charge is 0.119 e. The minimum absolute atomic E-state index is 0.321. The molecular formula is C26H24O2. The first-order chi connectivity index (χ1) is 13.7. The van der Waals surface area contributed by atoms with Crippen LogP contribution < -0.4 is 0 Å². The first-order valence-corrected chi connectivity index (χ1v) is 9.33. The average molecular weight is 368 g/mol. The third-order valence-electron chi connectivity index (χ3n) is 4.42. The number of rotatable bonds is 4. The zero-order valence-electron chi connectivity index (χ0n) is 15.7. The van der Waals surface area contributed by atoms with Gasteiger partial charge in [-0.25, -0.2) is 0 Å². The van der Waals surface area contributed by atoms with Crippen molar-refractivity contribution in [2.45, 2.75) is 12.8 Å². The Bertz CT molecular complexity index is 962. The molecule has 0 fully saturated rings. The van der Waals surface area contributed by atoms with E-state index in [4.69, 9.17) is 5.11 Å². The fourth-order valence-corrected chi connectivity index (χ4v) is 2.92. The van der Waals surface area contributed by atoms with Crippen LogP contribution in [0.25, 0.3) is 0 Å². The molecule has 4 aromatic rings. The molecule has 0 bridgehead atoms. The van der Waals surface area contributed by atoms with Gasteiger partial charge in [0.1, 0.15) is 11.5 Å². The predicted octanol–water partition coefficient (Wildman–Crippen LogP) is 5.97. The molecule has 0 unspecified atom stereocenters. The third-order valence-corrected chi connectivity index (χ3v) is 4.42. The SMILES string of the molecule is Oc1ccc(Cc2ccccc2)cc1.Oc1ccccc1Cc1ccccc1. The van der Waals surface area contributed by atoms with E-state index in [-0.39, 0.29) is 0 Å². The van der Waals surface area contributed by atoms with Crippen molar-refractivity contribution in [1.82, 2.24) is 0 Å². The van der Waals surface area contributed by atoms with Crippen LogP contribution in [0.4, 0.5) is 0 Å². The van der Waals surface area contributed by atoms with E-state index in [1.807, 2.05) is 66.7 Å². The Morgan fingerprint density at radius 3 is 1.46 bits per heavy atom. The fraction of sp³-hybridized carbons (Fsp3) is 0.0769. The molecule has 0 aliphatic carbocycles. The Kier molecular flexibility index (Phi) is 6.86. The molecule has 0 amide bonds. The highest BCUT2D eigenvalue weighted by atomic mass is 16.3. The molecule has 2 nitrogen and oxygen atoms in total. The van der Waals surface area contributed by atoms with Crippen molar-refractivity contribution in [2.75, 3.05) is 0 Å². The number of hydrogen-bond donors (Lipinski definition) is 2. The summed E-state index contributed by atoms with van der Waals surface area (Å²) in [6.07, 6.45) is 1.70. The summed E-state index contributed by atoms with van der Waals surface area (Å²) in [5, 5.41) is 18.7. The Balaban J connectivity index is 0.000000161. The molecule has 0 saturated heterocycles. The van der Waals surface area contributed by atoms with Crippen LogP contribution in [0.5, 0.6) is 11.5 Å². The van der Waals surface area contributed by atoms with Crippen LogP contribution in [0.2, 0.25) is 0 Å². The molecule has 2 heteroatoms. The van der Waals surface area contributed by atoms with E-state index in [1.165, 1.54) is 16.7 Å². The Labute approximate surface area is 166 Å². The summed E-state index contributed by atoms with van der Waals surface area (Å²) in [5.74, 6) is 0.693. The van der Waals surface area contributed by atoms with E-state index in [0.29, 0.717) is 11.5 Å². The molecule has 0 heterocycles. The van der Waals surface area contributed by atoms with Crippen LogP contribution in [-0.4, -0.2) is 10.2 Å². The summed E-state index contributed by atoms with van der Waals surface area (Å²) >= 11 is 0. The lowest BCUT2D eigenvalue weighted by Crippen LogP contribution is -1.87. The van der Waals surface area contributed by atoms with Gasteiger partial charge in [-0.1, -0.05) is 91.0 Å². The molecule has 0 saturated carbocycles. The number of phenolic OH excluding ortho intramolecular Hbond substituents is 2. The van der Waals surface area contributed by atoms with Crippen molar-refractivity contribution >= 4 is 0 Å². The van der Waals surface area contributed by atoms with Crippen molar-refractivity contribution < 1.29 is 10.2 Å². The minimum Gasteiger partial charge on any atom is -0.508 e. The normalized spacial score (nSPS) is 10.0. The highest BCUT2D eigenvalue weighted by molar-refractivity contribution is 5.36. The summed E-state index contributed by atoms with van der Waals surface area (Å²) in [4.78, 5) is 0. The number of para-hydroxylation sites is 1. The summed E-state index contributed by atoms with van der Waals surface area (Å²) in [6.45, 7) is 0. The van der Waals surface area contributed by atoms with Crippen molar-refractivity contribution in [3.05, 3.63) is 131 Å². The quantitative estimate of drug-likeness (QED) is 0.466. The average Bonchev–Trinajstić information content (AvgIpc) is 2.74. The van der Waals surface area contributed by atoms with Crippen molar-refractivity contribution in [2.24, 2.45) is 0 Å². The molecule has 0 atom stereocenters. The van der Waals surface area contributed by atoms with Gasteiger partial charge >= 0.3 is 0 Å². The number of hydrogen-bond acceptors (Lipinski definition) is 2. The van der Waals surface area contributed by atoms with E-state index in [2.05, 4.69) is 24.3 Å². The van der Waals surface area contributed by atoms with E-state index in [9.17, 15) is 5.11 Å². The standard InChI is InChI=1S/2C13H12O/c14-13-9-5-4-8-12(13)10-11-6-2-1-3-7-11;14-13-8-6-12(7-9-13)10-11-4-2-1-3-5-11/h2*1-9,14H,10H2. The van der Waals surface area contributed by atoms with Crippen LogP contribution in [-0.2, 0) is 12.8 Å². The molecule has 4 rings (SSSR count). The van der Waals surface area contributed by atoms with Gasteiger partial charge < -0.3 is 10.2 Å². The van der Waals surface area contributed by atoms with Crippen LogP contribution >= 0.6 is 0 Å². The summed E-state index contributed by atoms with van der Waals surface area (Å²) in [6, 6.07) is 35.2. The third kappa shape index (κ3) is 6.03. The largest absolute Gasteiger partial charge is 0.508 e. The molecule has 2 N–H and O–H groups in total. The second kappa shape index (κ2) is 9.98. The summed E-state index contributed by atoms with van der Waals surface area (Å²) in [7, 11) is 0. The van der Waals surface area contributed by atoms with Gasteiger partial charge in [-0.3, -0.25) is 0 Å². The second-order valence-corrected chi connectivity index (χ2v) is 6.62. The van der Waals surface area contributed by atoms with Crippen molar-refractivity contribution in [3.63, 3.8) is 0 Å². The number of benzene rings is 4. The van der Waals surface area contributed by atoms with Crippen LogP contribution in [0, 0.1) is 0 Å². The molecule has 4 aromatic carbocycles. The Hall–Kier alpha value is -3.52. The minimum atomic E-state index is 0.321. The van der Waals surface area contributed by atoms with Gasteiger partial charge in [0.15, 0.2) is 0 Å². The van der Waals surface area contributed by atoms with Gasteiger partial charge in [-0.15, -0.1) is 0 Å². The predicted molar refractivity (Wildman–Crippen MR) is 115 cm³/mol. The molecule has 140 valence electrons. The van der Waals surface area contributed by atoms with Gasteiger partial charge in [0, 0.05) is 6.42 Å². The Morgan fingerprint density at radius 1 is 0.429 bits per heavy atom. The molecule has 0 aliphatic rings. The van der Waals surface area contributed by atoms with Gasteiger partial charge in [-0.2, -0.15) is 0 Å².